The molecule has 2 aliphatic heterocycles. The Morgan fingerprint density at radius 1 is 0.896 bits per heavy atom. The summed E-state index contributed by atoms with van der Waals surface area (Å²) >= 11 is 0. The molecule has 5 aromatic rings. The Labute approximate surface area is 279 Å². The summed E-state index contributed by atoms with van der Waals surface area (Å²) in [5, 5.41) is 9.85. The number of carbonyl (C=O) groups is 1. The Kier molecular flexibility index (Phi) is 9.02. The first-order valence-electron chi connectivity index (χ1n) is 16.4. The van der Waals surface area contributed by atoms with Gasteiger partial charge in [-0.05, 0) is 44.0 Å². The van der Waals surface area contributed by atoms with Crippen LogP contribution in [0.1, 0.15) is 49.7 Å². The summed E-state index contributed by atoms with van der Waals surface area (Å²) in [5.74, 6) is -0.0694. The summed E-state index contributed by atoms with van der Waals surface area (Å²) < 4.78 is 20.7. The maximum atomic E-state index is 13.1. The summed E-state index contributed by atoms with van der Waals surface area (Å²) in [6.45, 7) is 7.16. The average Bonchev–Trinajstić information content (AvgIpc) is 3.77. The van der Waals surface area contributed by atoms with Gasteiger partial charge in [0.05, 0.1) is 6.33 Å². The number of rotatable bonds is 12. The van der Waals surface area contributed by atoms with Crippen molar-refractivity contribution >= 4 is 28.8 Å². The van der Waals surface area contributed by atoms with E-state index in [1.54, 1.807) is 12.5 Å². The number of benzene rings is 2. The molecule has 7 rings (SSSR count). The van der Waals surface area contributed by atoms with E-state index in [1.807, 2.05) is 55.7 Å². The third-order valence-corrected chi connectivity index (χ3v) is 8.60. The first-order chi connectivity index (χ1) is 23.4. The van der Waals surface area contributed by atoms with Crippen LogP contribution in [0.15, 0.2) is 91.4 Å². The topological polar surface area (TPSA) is 137 Å². The monoisotopic (exact) mass is 648 g/mol. The van der Waals surface area contributed by atoms with Gasteiger partial charge in [-0.2, -0.15) is 9.97 Å². The molecule has 3 N–H and O–H groups in total. The summed E-state index contributed by atoms with van der Waals surface area (Å²) in [6, 6.07) is 26.7. The number of hydrogen-bond acceptors (Lipinski definition) is 10. The zero-order valence-corrected chi connectivity index (χ0v) is 27.2. The molecule has 5 heterocycles. The van der Waals surface area contributed by atoms with Crippen molar-refractivity contribution < 1.29 is 19.0 Å². The van der Waals surface area contributed by atoms with Gasteiger partial charge in [-0.1, -0.05) is 66.7 Å². The smallest absolute Gasteiger partial charge is 0.252 e. The third kappa shape index (κ3) is 6.59. The molecule has 48 heavy (non-hydrogen) atoms. The fraction of sp³-hybridized carbons (Fsp3) is 0.361. The normalized spacial score (nSPS) is 21.3. The lowest BCUT2D eigenvalue weighted by Gasteiger charge is -2.24. The largest absolute Gasteiger partial charge is 0.367 e. The van der Waals surface area contributed by atoms with Crippen LogP contribution in [-0.2, 0) is 25.4 Å². The Balaban J connectivity index is 1.23. The van der Waals surface area contributed by atoms with E-state index in [2.05, 4.69) is 69.5 Å². The minimum atomic E-state index is -0.887. The quantitative estimate of drug-likeness (QED) is 0.175. The number of amides is 1. The van der Waals surface area contributed by atoms with E-state index >= 15 is 0 Å². The van der Waals surface area contributed by atoms with Crippen molar-refractivity contribution in [1.82, 2.24) is 29.8 Å². The van der Waals surface area contributed by atoms with Gasteiger partial charge in [0.2, 0.25) is 5.95 Å². The number of imidazole rings is 1. The van der Waals surface area contributed by atoms with E-state index < -0.39 is 30.3 Å². The molecular formula is C36H40N8O4. The van der Waals surface area contributed by atoms with Gasteiger partial charge in [0.15, 0.2) is 35.1 Å². The second-order valence-corrected chi connectivity index (χ2v) is 12.4. The van der Waals surface area contributed by atoms with Crippen LogP contribution in [0.5, 0.6) is 0 Å². The number of hydrogen-bond donors (Lipinski definition) is 3. The van der Waals surface area contributed by atoms with Gasteiger partial charge in [-0.15, -0.1) is 0 Å². The fourth-order valence-electron chi connectivity index (χ4n) is 6.44. The molecule has 0 spiro atoms. The highest BCUT2D eigenvalue weighted by Crippen LogP contribution is 2.44. The van der Waals surface area contributed by atoms with E-state index in [4.69, 9.17) is 29.2 Å². The Morgan fingerprint density at radius 3 is 2.29 bits per heavy atom. The summed E-state index contributed by atoms with van der Waals surface area (Å²) in [7, 11) is 0. The van der Waals surface area contributed by atoms with Gasteiger partial charge in [0.1, 0.15) is 12.2 Å². The van der Waals surface area contributed by atoms with Crippen LogP contribution in [0.3, 0.4) is 0 Å². The third-order valence-electron chi connectivity index (χ3n) is 8.60. The van der Waals surface area contributed by atoms with Crippen LogP contribution in [0.4, 0.5) is 11.8 Å². The molecule has 12 nitrogen and oxygen atoms in total. The van der Waals surface area contributed by atoms with Crippen LogP contribution in [0.25, 0.3) is 11.2 Å². The van der Waals surface area contributed by atoms with Crippen LogP contribution >= 0.6 is 0 Å². The standard InChI is InChI=1S/C36H40N8O4/c1-4-37-33(45)29-28-30(48-36(2,3)47-28)34(46-29)44-22-41-27-31(42-35(43-32(27)44)39-20-18-25-17-11-12-19-38-25)40-21-26(23-13-7-5-8-14-23)24-15-9-6-10-16-24/h5-17,19,22,26,28-30,34H,4,18,20-21H2,1-3H3,(H,37,45)(H2,39,40,42,43)/t28-,29+,30-,34-/m1/s1. The van der Waals surface area contributed by atoms with E-state index in [1.165, 1.54) is 11.1 Å². The molecule has 0 unspecified atom stereocenters. The number of nitrogens with zero attached hydrogens (tertiary/aromatic N) is 5. The molecule has 2 aromatic carbocycles. The average molecular weight is 649 g/mol. The first-order valence-corrected chi connectivity index (χ1v) is 16.4. The van der Waals surface area contributed by atoms with Crippen LogP contribution in [0, 0.1) is 0 Å². The van der Waals surface area contributed by atoms with Crippen molar-refractivity contribution in [3.8, 4) is 0 Å². The fourth-order valence-corrected chi connectivity index (χ4v) is 6.44. The molecule has 4 atom stereocenters. The van der Waals surface area contributed by atoms with Crippen LogP contribution in [0.2, 0.25) is 0 Å². The lowest BCUT2D eigenvalue weighted by Crippen LogP contribution is -2.42. The van der Waals surface area contributed by atoms with Crippen molar-refractivity contribution in [3.05, 3.63) is 108 Å². The predicted molar refractivity (Wildman–Crippen MR) is 181 cm³/mol. The van der Waals surface area contributed by atoms with Crippen molar-refractivity contribution in [2.75, 3.05) is 30.3 Å². The zero-order valence-electron chi connectivity index (χ0n) is 27.2. The van der Waals surface area contributed by atoms with Crippen LogP contribution in [-0.4, -0.2) is 74.1 Å². The highest BCUT2D eigenvalue weighted by Gasteiger charge is 2.58. The molecule has 2 aliphatic rings. The minimum Gasteiger partial charge on any atom is -0.367 e. The molecule has 0 radical (unpaired) electrons. The van der Waals surface area contributed by atoms with Gasteiger partial charge >= 0.3 is 0 Å². The van der Waals surface area contributed by atoms with Gasteiger partial charge in [0, 0.05) is 43.9 Å². The summed E-state index contributed by atoms with van der Waals surface area (Å²) in [5.41, 5.74) is 4.44. The molecular weight excluding hydrogens is 608 g/mol. The predicted octanol–water partition coefficient (Wildman–Crippen LogP) is 4.67. The zero-order chi connectivity index (χ0) is 33.1. The number of fused-ring (bicyclic) bond motifs is 2. The van der Waals surface area contributed by atoms with E-state index in [9.17, 15) is 4.79 Å². The molecule has 0 bridgehead atoms. The number of carbonyl (C=O) groups excluding carboxylic acids is 1. The molecule has 0 aliphatic carbocycles. The van der Waals surface area contributed by atoms with E-state index in [-0.39, 0.29) is 11.8 Å². The number of anilines is 2. The molecule has 0 saturated carbocycles. The highest BCUT2D eigenvalue weighted by atomic mass is 16.8. The van der Waals surface area contributed by atoms with Gasteiger partial charge in [-0.3, -0.25) is 14.3 Å². The molecule has 2 fully saturated rings. The number of nitrogens with one attached hydrogen (secondary N) is 3. The van der Waals surface area contributed by atoms with Gasteiger partial charge < -0.3 is 30.2 Å². The molecule has 2 saturated heterocycles. The number of pyridine rings is 1. The van der Waals surface area contributed by atoms with E-state index in [0.29, 0.717) is 49.0 Å². The summed E-state index contributed by atoms with van der Waals surface area (Å²) in [4.78, 5) is 32.1. The second kappa shape index (κ2) is 13.7. The highest BCUT2D eigenvalue weighted by molar-refractivity contribution is 5.85. The van der Waals surface area contributed by atoms with Crippen LogP contribution < -0.4 is 16.0 Å². The second-order valence-electron chi connectivity index (χ2n) is 12.4. The maximum Gasteiger partial charge on any atom is 0.252 e. The number of aromatic nitrogens is 5. The first kappa shape index (κ1) is 31.7. The van der Waals surface area contributed by atoms with Crippen molar-refractivity contribution in [2.24, 2.45) is 0 Å². The van der Waals surface area contributed by atoms with Crippen molar-refractivity contribution in [2.45, 2.75) is 63.4 Å². The molecule has 12 heteroatoms. The lowest BCUT2D eigenvalue weighted by atomic mass is 9.91. The molecule has 248 valence electrons. The number of ether oxygens (including phenoxy) is 3. The number of likely N-dealkylation sites (N-methyl/N-ethyl adjacent to an activating group) is 1. The van der Waals surface area contributed by atoms with E-state index in [0.717, 1.165) is 5.69 Å². The molecule has 3 aromatic heterocycles. The molecule has 1 amide bonds. The van der Waals surface area contributed by atoms with Gasteiger partial charge in [-0.25, -0.2) is 4.98 Å². The Hall–Kier alpha value is -4.91. The van der Waals surface area contributed by atoms with Crippen molar-refractivity contribution in [1.29, 1.82) is 0 Å². The SMILES string of the molecule is CCNC(=O)[C@H]1O[C@@H](n2cnc3c(NCC(c4ccccc4)c4ccccc4)nc(NCCc4ccccn4)nc32)[C@@H]2OC(C)(C)O[C@@H]21. The summed E-state index contributed by atoms with van der Waals surface area (Å²) in [6.07, 6.45) is 1.43. The Bertz CT molecular complexity index is 1800. The lowest BCUT2D eigenvalue weighted by molar-refractivity contribution is -0.197. The minimum absolute atomic E-state index is 0.0584. The van der Waals surface area contributed by atoms with Crippen molar-refractivity contribution in [3.63, 3.8) is 0 Å². The maximum absolute atomic E-state index is 13.1. The van der Waals surface area contributed by atoms with Gasteiger partial charge in [0.25, 0.3) is 5.91 Å². The Morgan fingerprint density at radius 2 is 1.60 bits per heavy atom.